The zero-order chi connectivity index (χ0) is 14.0. The fraction of sp³-hybridized carbons (Fsp3) is 0.538. The van der Waals surface area contributed by atoms with E-state index in [4.69, 9.17) is 0 Å². The summed E-state index contributed by atoms with van der Waals surface area (Å²) < 4.78 is 0. The van der Waals surface area contributed by atoms with Gasteiger partial charge in [-0.25, -0.2) is 9.78 Å². The maximum atomic E-state index is 12.3. The lowest BCUT2D eigenvalue weighted by Crippen LogP contribution is -2.52. The van der Waals surface area contributed by atoms with Gasteiger partial charge in [-0.1, -0.05) is 6.92 Å². The van der Waals surface area contributed by atoms with E-state index in [0.29, 0.717) is 6.54 Å². The van der Waals surface area contributed by atoms with Gasteiger partial charge < -0.3 is 10.0 Å². The molecule has 2 heterocycles. The molecule has 6 heteroatoms. The fourth-order valence-corrected chi connectivity index (χ4v) is 2.44. The molecule has 1 aliphatic heterocycles. The fourth-order valence-electron chi connectivity index (χ4n) is 2.44. The minimum Gasteiger partial charge on any atom is -0.480 e. The third-order valence-corrected chi connectivity index (χ3v) is 3.45. The smallest absolute Gasteiger partial charge is 0.326 e. The standard InChI is InChI=1S/C13H17N3O3/c1-8-4-3-5-16(11(8)13(18)19)12(17)10-7-14-9(2)6-15-10/h6-8,11H,3-5H2,1-2H3,(H,18,19). The zero-order valence-electron chi connectivity index (χ0n) is 11.0. The molecule has 1 N–H and O–H groups in total. The van der Waals surface area contributed by atoms with E-state index < -0.39 is 12.0 Å². The lowest BCUT2D eigenvalue weighted by Gasteiger charge is -2.36. The molecule has 0 aromatic carbocycles. The SMILES string of the molecule is Cc1cnc(C(=O)N2CCCC(C)C2C(=O)O)cn1. The summed E-state index contributed by atoms with van der Waals surface area (Å²) in [6.07, 6.45) is 4.54. The summed E-state index contributed by atoms with van der Waals surface area (Å²) in [5, 5.41) is 9.29. The first-order chi connectivity index (χ1) is 9.00. The van der Waals surface area contributed by atoms with E-state index in [0.717, 1.165) is 18.5 Å². The number of carbonyl (C=O) groups excluding carboxylic acids is 1. The highest BCUT2D eigenvalue weighted by Crippen LogP contribution is 2.24. The largest absolute Gasteiger partial charge is 0.480 e. The van der Waals surface area contributed by atoms with E-state index in [1.165, 1.54) is 17.3 Å². The van der Waals surface area contributed by atoms with E-state index >= 15 is 0 Å². The molecule has 0 bridgehead atoms. The quantitative estimate of drug-likeness (QED) is 0.864. The number of carbonyl (C=O) groups is 2. The van der Waals surface area contributed by atoms with Crippen molar-refractivity contribution in [1.82, 2.24) is 14.9 Å². The van der Waals surface area contributed by atoms with Gasteiger partial charge in [0, 0.05) is 12.7 Å². The average molecular weight is 263 g/mol. The summed E-state index contributed by atoms with van der Waals surface area (Å²) in [5.41, 5.74) is 0.921. The Morgan fingerprint density at radius 3 is 2.68 bits per heavy atom. The first kappa shape index (κ1) is 13.5. The van der Waals surface area contributed by atoms with Crippen molar-refractivity contribution in [2.45, 2.75) is 32.7 Å². The normalized spacial score (nSPS) is 23.2. The van der Waals surface area contributed by atoms with E-state index in [2.05, 4.69) is 9.97 Å². The summed E-state index contributed by atoms with van der Waals surface area (Å²) in [6, 6.07) is -0.774. The Morgan fingerprint density at radius 2 is 2.11 bits per heavy atom. The molecule has 19 heavy (non-hydrogen) atoms. The van der Waals surface area contributed by atoms with Crippen LogP contribution in [0.2, 0.25) is 0 Å². The number of hydrogen-bond donors (Lipinski definition) is 1. The highest BCUT2D eigenvalue weighted by molar-refractivity contribution is 5.95. The molecule has 6 nitrogen and oxygen atoms in total. The summed E-state index contributed by atoms with van der Waals surface area (Å²) in [5.74, 6) is -1.36. The molecule has 0 aliphatic carbocycles. The van der Waals surface area contributed by atoms with Crippen LogP contribution in [-0.4, -0.2) is 44.4 Å². The Hall–Kier alpha value is -1.98. The summed E-state index contributed by atoms with van der Waals surface area (Å²) in [7, 11) is 0. The Bertz CT molecular complexity index is 486. The number of likely N-dealkylation sites (tertiary alicyclic amines) is 1. The van der Waals surface area contributed by atoms with Crippen LogP contribution in [0, 0.1) is 12.8 Å². The molecule has 1 aliphatic rings. The summed E-state index contributed by atoms with van der Waals surface area (Å²) in [4.78, 5) is 33.1. The van der Waals surface area contributed by atoms with Gasteiger partial charge in [-0.05, 0) is 25.7 Å². The van der Waals surface area contributed by atoms with Crippen LogP contribution in [-0.2, 0) is 4.79 Å². The van der Waals surface area contributed by atoms with Crippen molar-refractivity contribution >= 4 is 11.9 Å². The lowest BCUT2D eigenvalue weighted by molar-refractivity contribution is -0.145. The van der Waals surface area contributed by atoms with Gasteiger partial charge in [-0.3, -0.25) is 9.78 Å². The van der Waals surface area contributed by atoms with Crippen LogP contribution >= 0.6 is 0 Å². The number of aryl methyl sites for hydroxylation is 1. The van der Waals surface area contributed by atoms with Gasteiger partial charge in [0.2, 0.25) is 0 Å². The van der Waals surface area contributed by atoms with Crippen LogP contribution in [0.1, 0.15) is 35.9 Å². The third kappa shape index (κ3) is 2.72. The lowest BCUT2D eigenvalue weighted by atomic mass is 9.90. The summed E-state index contributed by atoms with van der Waals surface area (Å²) >= 11 is 0. The van der Waals surface area contributed by atoms with E-state index in [-0.39, 0.29) is 17.5 Å². The van der Waals surface area contributed by atoms with Crippen molar-refractivity contribution < 1.29 is 14.7 Å². The molecule has 0 spiro atoms. The minimum atomic E-state index is -0.958. The van der Waals surface area contributed by atoms with Crippen molar-refractivity contribution in [2.75, 3.05) is 6.54 Å². The van der Waals surface area contributed by atoms with Crippen LogP contribution < -0.4 is 0 Å². The van der Waals surface area contributed by atoms with Gasteiger partial charge in [-0.2, -0.15) is 0 Å². The van der Waals surface area contributed by atoms with Crippen molar-refractivity contribution in [3.63, 3.8) is 0 Å². The Balaban J connectivity index is 2.25. The van der Waals surface area contributed by atoms with Gasteiger partial charge >= 0.3 is 5.97 Å². The first-order valence-electron chi connectivity index (χ1n) is 6.33. The average Bonchev–Trinajstić information content (AvgIpc) is 2.38. The maximum Gasteiger partial charge on any atom is 0.326 e. The van der Waals surface area contributed by atoms with Crippen LogP contribution in [0.5, 0.6) is 0 Å². The molecule has 2 rings (SSSR count). The first-order valence-corrected chi connectivity index (χ1v) is 6.33. The number of aliphatic carboxylic acids is 1. The number of nitrogens with zero attached hydrogens (tertiary/aromatic N) is 3. The van der Waals surface area contributed by atoms with Crippen molar-refractivity contribution in [2.24, 2.45) is 5.92 Å². The second-order valence-electron chi connectivity index (χ2n) is 4.94. The van der Waals surface area contributed by atoms with Crippen LogP contribution in [0.3, 0.4) is 0 Å². The second-order valence-corrected chi connectivity index (χ2v) is 4.94. The molecule has 102 valence electrons. The highest BCUT2D eigenvalue weighted by Gasteiger charge is 2.37. The third-order valence-electron chi connectivity index (χ3n) is 3.45. The molecule has 1 amide bonds. The monoisotopic (exact) mass is 263 g/mol. The molecular formula is C13H17N3O3. The number of rotatable bonds is 2. The zero-order valence-corrected chi connectivity index (χ0v) is 11.0. The Morgan fingerprint density at radius 1 is 1.37 bits per heavy atom. The Kier molecular flexibility index (Phi) is 3.78. The van der Waals surface area contributed by atoms with Crippen molar-refractivity contribution in [3.8, 4) is 0 Å². The maximum absolute atomic E-state index is 12.3. The second kappa shape index (κ2) is 5.34. The summed E-state index contributed by atoms with van der Waals surface area (Å²) in [6.45, 7) is 4.10. The van der Waals surface area contributed by atoms with Crippen LogP contribution in [0.4, 0.5) is 0 Å². The molecule has 0 radical (unpaired) electrons. The number of hydrogen-bond acceptors (Lipinski definition) is 4. The molecule has 2 atom stereocenters. The molecule has 1 saturated heterocycles. The number of carboxylic acid groups (broad SMARTS) is 1. The molecule has 1 aromatic heterocycles. The van der Waals surface area contributed by atoms with Gasteiger partial charge in [0.1, 0.15) is 11.7 Å². The van der Waals surface area contributed by atoms with Crippen molar-refractivity contribution in [1.29, 1.82) is 0 Å². The van der Waals surface area contributed by atoms with Crippen molar-refractivity contribution in [3.05, 3.63) is 23.8 Å². The van der Waals surface area contributed by atoms with Crippen LogP contribution in [0.15, 0.2) is 12.4 Å². The van der Waals surface area contributed by atoms with E-state index in [1.807, 2.05) is 6.92 Å². The minimum absolute atomic E-state index is 0.0476. The van der Waals surface area contributed by atoms with Gasteiger partial charge in [0.25, 0.3) is 5.91 Å². The number of carboxylic acids is 1. The number of piperidine rings is 1. The molecular weight excluding hydrogens is 246 g/mol. The molecule has 1 fully saturated rings. The molecule has 1 aromatic rings. The topological polar surface area (TPSA) is 83.4 Å². The van der Waals surface area contributed by atoms with E-state index in [1.54, 1.807) is 6.92 Å². The molecule has 0 saturated carbocycles. The Labute approximate surface area is 111 Å². The molecule has 2 unspecified atom stereocenters. The van der Waals surface area contributed by atoms with Gasteiger partial charge in [0.05, 0.1) is 11.9 Å². The van der Waals surface area contributed by atoms with Gasteiger partial charge in [0.15, 0.2) is 0 Å². The predicted octanol–water partition coefficient (Wildman–Crippen LogP) is 1.11. The van der Waals surface area contributed by atoms with Gasteiger partial charge in [-0.15, -0.1) is 0 Å². The predicted molar refractivity (Wildman–Crippen MR) is 67.6 cm³/mol. The van der Waals surface area contributed by atoms with Crippen LogP contribution in [0.25, 0.3) is 0 Å². The number of amides is 1. The highest BCUT2D eigenvalue weighted by atomic mass is 16.4. The van der Waals surface area contributed by atoms with E-state index in [9.17, 15) is 14.7 Å². The number of aromatic nitrogens is 2.